The van der Waals surface area contributed by atoms with E-state index in [2.05, 4.69) is 51.5 Å². The highest BCUT2D eigenvalue weighted by atomic mass is 15.1. The summed E-state index contributed by atoms with van der Waals surface area (Å²) in [5.41, 5.74) is 1.50. The number of likely N-dealkylation sites (N-methyl/N-ethyl adjacent to an activating group) is 1. The Labute approximate surface area is 101 Å². The first kappa shape index (κ1) is 13.7. The number of nitrogens with zero attached hydrogens (tertiary/aromatic N) is 1. The predicted molar refractivity (Wildman–Crippen MR) is 71.7 cm³/mol. The minimum atomic E-state index is 0.243. The topological polar surface area (TPSA) is 15.3 Å². The first-order valence-electron chi connectivity index (χ1n) is 6.39. The SMILES string of the molecule is C=C(C)CN(C)C1CCC1CNC(C)(C)C. The average Bonchev–Trinajstić information content (AvgIpc) is 1.97. The Balaban J connectivity index is 2.32. The van der Waals surface area contributed by atoms with Crippen LogP contribution in [0.3, 0.4) is 0 Å². The van der Waals surface area contributed by atoms with E-state index in [0.717, 1.165) is 25.0 Å². The Morgan fingerprint density at radius 2 is 2.00 bits per heavy atom. The largest absolute Gasteiger partial charge is 0.312 e. The van der Waals surface area contributed by atoms with Crippen molar-refractivity contribution >= 4 is 0 Å². The second-order valence-corrected chi connectivity index (χ2v) is 6.41. The van der Waals surface area contributed by atoms with Crippen molar-refractivity contribution in [1.82, 2.24) is 10.2 Å². The number of nitrogens with one attached hydrogen (secondary N) is 1. The van der Waals surface area contributed by atoms with Gasteiger partial charge in [-0.25, -0.2) is 0 Å². The summed E-state index contributed by atoms with van der Waals surface area (Å²) in [4.78, 5) is 2.46. The molecule has 94 valence electrons. The summed E-state index contributed by atoms with van der Waals surface area (Å²) in [6.07, 6.45) is 2.72. The molecule has 0 amide bonds. The Morgan fingerprint density at radius 1 is 1.38 bits per heavy atom. The lowest BCUT2D eigenvalue weighted by molar-refractivity contribution is 0.0866. The zero-order valence-electron chi connectivity index (χ0n) is 11.6. The highest BCUT2D eigenvalue weighted by Crippen LogP contribution is 2.31. The van der Waals surface area contributed by atoms with Gasteiger partial charge in [0.1, 0.15) is 0 Å². The fourth-order valence-electron chi connectivity index (χ4n) is 2.35. The molecule has 2 nitrogen and oxygen atoms in total. The normalized spacial score (nSPS) is 25.6. The molecule has 0 aromatic carbocycles. The molecule has 1 saturated carbocycles. The molecule has 2 unspecified atom stereocenters. The van der Waals surface area contributed by atoms with Gasteiger partial charge in [0, 0.05) is 18.1 Å². The van der Waals surface area contributed by atoms with Gasteiger partial charge < -0.3 is 5.32 Å². The molecule has 0 radical (unpaired) electrons. The summed E-state index contributed by atoms with van der Waals surface area (Å²) >= 11 is 0. The molecule has 0 heterocycles. The predicted octanol–water partition coefficient (Wildman–Crippen LogP) is 2.66. The number of rotatable bonds is 5. The van der Waals surface area contributed by atoms with Crippen LogP contribution < -0.4 is 5.32 Å². The van der Waals surface area contributed by atoms with Crippen molar-refractivity contribution in [2.24, 2.45) is 5.92 Å². The molecule has 0 aromatic rings. The lowest BCUT2D eigenvalue weighted by Gasteiger charge is -2.44. The van der Waals surface area contributed by atoms with Gasteiger partial charge in [-0.05, 0) is 60.0 Å². The Kier molecular flexibility index (Phi) is 4.57. The quantitative estimate of drug-likeness (QED) is 0.722. The van der Waals surface area contributed by atoms with Gasteiger partial charge in [-0.1, -0.05) is 12.2 Å². The lowest BCUT2D eigenvalue weighted by Crippen LogP contribution is -2.51. The van der Waals surface area contributed by atoms with Crippen LogP contribution in [-0.4, -0.2) is 36.6 Å². The van der Waals surface area contributed by atoms with E-state index in [9.17, 15) is 0 Å². The van der Waals surface area contributed by atoms with Crippen LogP contribution in [0, 0.1) is 5.92 Å². The molecule has 1 fully saturated rings. The molecule has 0 bridgehead atoms. The molecule has 1 N–H and O–H groups in total. The van der Waals surface area contributed by atoms with Crippen molar-refractivity contribution in [1.29, 1.82) is 0 Å². The van der Waals surface area contributed by atoms with Gasteiger partial charge in [-0.3, -0.25) is 4.90 Å². The van der Waals surface area contributed by atoms with Crippen molar-refractivity contribution in [2.75, 3.05) is 20.1 Å². The van der Waals surface area contributed by atoms with Crippen molar-refractivity contribution in [3.8, 4) is 0 Å². The number of hydrogen-bond donors (Lipinski definition) is 1. The molecule has 1 rings (SSSR count). The number of hydrogen-bond acceptors (Lipinski definition) is 2. The van der Waals surface area contributed by atoms with E-state index in [1.54, 1.807) is 0 Å². The first-order valence-corrected chi connectivity index (χ1v) is 6.39. The van der Waals surface area contributed by atoms with E-state index in [4.69, 9.17) is 0 Å². The Hall–Kier alpha value is -0.340. The van der Waals surface area contributed by atoms with Gasteiger partial charge in [-0.15, -0.1) is 0 Å². The fraction of sp³-hybridized carbons (Fsp3) is 0.857. The molecule has 0 aromatic heterocycles. The monoisotopic (exact) mass is 224 g/mol. The van der Waals surface area contributed by atoms with Crippen LogP contribution in [0.4, 0.5) is 0 Å². The van der Waals surface area contributed by atoms with E-state index in [0.29, 0.717) is 0 Å². The van der Waals surface area contributed by atoms with Gasteiger partial charge in [0.25, 0.3) is 0 Å². The third kappa shape index (κ3) is 4.26. The molecule has 2 atom stereocenters. The van der Waals surface area contributed by atoms with Crippen LogP contribution >= 0.6 is 0 Å². The maximum Gasteiger partial charge on any atom is 0.0187 e. The smallest absolute Gasteiger partial charge is 0.0187 e. The van der Waals surface area contributed by atoms with Gasteiger partial charge in [0.2, 0.25) is 0 Å². The highest BCUT2D eigenvalue weighted by molar-refractivity contribution is 4.97. The van der Waals surface area contributed by atoms with E-state index in [-0.39, 0.29) is 5.54 Å². The Morgan fingerprint density at radius 3 is 2.38 bits per heavy atom. The summed E-state index contributed by atoms with van der Waals surface area (Å²) < 4.78 is 0. The van der Waals surface area contributed by atoms with Crippen molar-refractivity contribution in [3.05, 3.63) is 12.2 Å². The van der Waals surface area contributed by atoms with E-state index >= 15 is 0 Å². The minimum Gasteiger partial charge on any atom is -0.312 e. The molecule has 0 aliphatic heterocycles. The van der Waals surface area contributed by atoms with E-state index in [1.807, 2.05) is 0 Å². The molecule has 1 aliphatic carbocycles. The second kappa shape index (κ2) is 5.33. The lowest BCUT2D eigenvalue weighted by atomic mass is 9.78. The second-order valence-electron chi connectivity index (χ2n) is 6.41. The van der Waals surface area contributed by atoms with E-state index < -0.39 is 0 Å². The van der Waals surface area contributed by atoms with Gasteiger partial charge in [0.15, 0.2) is 0 Å². The van der Waals surface area contributed by atoms with Gasteiger partial charge >= 0.3 is 0 Å². The van der Waals surface area contributed by atoms with Crippen LogP contribution in [-0.2, 0) is 0 Å². The minimum absolute atomic E-state index is 0.243. The summed E-state index contributed by atoms with van der Waals surface area (Å²) in [6, 6.07) is 0.756. The molecule has 0 saturated heterocycles. The summed E-state index contributed by atoms with van der Waals surface area (Å²) in [7, 11) is 2.22. The molecular weight excluding hydrogens is 196 g/mol. The maximum atomic E-state index is 3.99. The fourth-order valence-corrected chi connectivity index (χ4v) is 2.35. The summed E-state index contributed by atoms with van der Waals surface area (Å²) in [5, 5.41) is 3.61. The summed E-state index contributed by atoms with van der Waals surface area (Å²) in [5.74, 6) is 0.823. The van der Waals surface area contributed by atoms with Crippen molar-refractivity contribution in [3.63, 3.8) is 0 Å². The van der Waals surface area contributed by atoms with Crippen LogP contribution in [0.25, 0.3) is 0 Å². The third-order valence-electron chi connectivity index (χ3n) is 3.36. The highest BCUT2D eigenvalue weighted by Gasteiger charge is 2.33. The van der Waals surface area contributed by atoms with Crippen molar-refractivity contribution in [2.45, 2.75) is 52.1 Å². The summed E-state index contributed by atoms with van der Waals surface area (Å²) in [6.45, 7) is 15.0. The molecule has 16 heavy (non-hydrogen) atoms. The maximum absolute atomic E-state index is 3.99. The van der Waals surface area contributed by atoms with Crippen molar-refractivity contribution < 1.29 is 0 Å². The Bertz CT molecular complexity index is 240. The average molecular weight is 224 g/mol. The molecule has 2 heteroatoms. The zero-order chi connectivity index (χ0) is 12.3. The van der Waals surface area contributed by atoms with E-state index in [1.165, 1.54) is 18.4 Å². The van der Waals surface area contributed by atoms with Gasteiger partial charge in [-0.2, -0.15) is 0 Å². The molecule has 0 spiro atoms. The zero-order valence-corrected chi connectivity index (χ0v) is 11.6. The van der Waals surface area contributed by atoms with Gasteiger partial charge in [0.05, 0.1) is 0 Å². The molecule has 1 aliphatic rings. The van der Waals surface area contributed by atoms with Crippen LogP contribution in [0.1, 0.15) is 40.5 Å². The molecular formula is C14H28N2. The van der Waals surface area contributed by atoms with Crippen LogP contribution in [0.5, 0.6) is 0 Å². The van der Waals surface area contributed by atoms with Crippen LogP contribution in [0.2, 0.25) is 0 Å². The first-order chi connectivity index (χ1) is 7.29. The third-order valence-corrected chi connectivity index (χ3v) is 3.36. The standard InChI is InChI=1S/C14H28N2/c1-11(2)10-16(6)13-8-7-12(13)9-15-14(3,4)5/h12-13,15H,1,7-10H2,2-6H3. The van der Waals surface area contributed by atoms with Crippen LogP contribution in [0.15, 0.2) is 12.2 Å².